The molecule has 2 heterocycles. The second-order valence-corrected chi connectivity index (χ2v) is 6.11. The Morgan fingerprint density at radius 1 is 1.41 bits per heavy atom. The summed E-state index contributed by atoms with van der Waals surface area (Å²) in [7, 11) is 0. The number of nitrogens with one attached hydrogen (secondary N) is 1. The maximum Gasteiger partial charge on any atom is 0.254 e. The molecule has 0 aromatic carbocycles. The molecule has 0 unspecified atom stereocenters. The minimum Gasteiger partial charge on any atom is -0.395 e. The number of aromatic nitrogens is 2. The standard InChI is InChI=1S/C16H26N4O2/c1-12(2)15-18-9-13(10-19-15)16(22)17-6-8-20-7-4-3-5-14(20)11-21/h9-10,12,14,21H,3-8,11H2,1-2H3,(H,17,22)/t14-/m1/s1. The van der Waals surface area contributed by atoms with Crippen molar-refractivity contribution in [3.63, 3.8) is 0 Å². The zero-order valence-electron chi connectivity index (χ0n) is 13.5. The van der Waals surface area contributed by atoms with Gasteiger partial charge in [0.15, 0.2) is 0 Å². The highest BCUT2D eigenvalue weighted by molar-refractivity contribution is 5.93. The molecular formula is C16H26N4O2. The predicted octanol–water partition coefficient (Wildman–Crippen LogP) is 1.18. The number of hydrogen-bond donors (Lipinski definition) is 2. The Bertz CT molecular complexity index is 476. The summed E-state index contributed by atoms with van der Waals surface area (Å²) in [5.41, 5.74) is 0.488. The Hall–Kier alpha value is -1.53. The van der Waals surface area contributed by atoms with E-state index in [4.69, 9.17) is 0 Å². The van der Waals surface area contributed by atoms with Crippen LogP contribution in [0.5, 0.6) is 0 Å². The van der Waals surface area contributed by atoms with Crippen molar-refractivity contribution in [3.05, 3.63) is 23.8 Å². The first-order chi connectivity index (χ1) is 10.6. The molecule has 1 aromatic heterocycles. The summed E-state index contributed by atoms with van der Waals surface area (Å²) in [5.74, 6) is 0.857. The van der Waals surface area contributed by atoms with Crippen molar-refractivity contribution < 1.29 is 9.90 Å². The number of aliphatic hydroxyl groups is 1. The highest BCUT2D eigenvalue weighted by Crippen LogP contribution is 2.15. The average molecular weight is 306 g/mol. The molecule has 0 radical (unpaired) electrons. The molecule has 1 aliphatic heterocycles. The first kappa shape index (κ1) is 16.8. The summed E-state index contributed by atoms with van der Waals surface area (Å²) < 4.78 is 0. The van der Waals surface area contributed by atoms with Gasteiger partial charge in [0.2, 0.25) is 0 Å². The van der Waals surface area contributed by atoms with Crippen molar-refractivity contribution in [2.24, 2.45) is 0 Å². The van der Waals surface area contributed by atoms with E-state index in [1.165, 1.54) is 6.42 Å². The molecule has 2 rings (SSSR count). The van der Waals surface area contributed by atoms with Gasteiger partial charge in [-0.2, -0.15) is 0 Å². The third-order valence-corrected chi connectivity index (χ3v) is 4.09. The van der Waals surface area contributed by atoms with Gasteiger partial charge in [-0.05, 0) is 19.4 Å². The summed E-state index contributed by atoms with van der Waals surface area (Å²) in [6.45, 7) is 6.56. The summed E-state index contributed by atoms with van der Waals surface area (Å²) in [6, 6.07) is 0.235. The Kier molecular flexibility index (Phi) is 6.27. The lowest BCUT2D eigenvalue weighted by molar-refractivity contribution is 0.0849. The highest BCUT2D eigenvalue weighted by Gasteiger charge is 2.21. The van der Waals surface area contributed by atoms with Gasteiger partial charge in [-0.15, -0.1) is 0 Å². The first-order valence-electron chi connectivity index (χ1n) is 8.07. The smallest absolute Gasteiger partial charge is 0.254 e. The molecule has 1 amide bonds. The van der Waals surface area contributed by atoms with E-state index in [1.807, 2.05) is 13.8 Å². The molecule has 1 aliphatic rings. The second-order valence-electron chi connectivity index (χ2n) is 6.11. The van der Waals surface area contributed by atoms with Crippen molar-refractivity contribution in [3.8, 4) is 0 Å². The van der Waals surface area contributed by atoms with Gasteiger partial charge in [-0.1, -0.05) is 20.3 Å². The minimum absolute atomic E-state index is 0.145. The first-order valence-corrected chi connectivity index (χ1v) is 8.07. The van der Waals surface area contributed by atoms with Crippen LogP contribution in [0.3, 0.4) is 0 Å². The van der Waals surface area contributed by atoms with Crippen LogP contribution in [0.25, 0.3) is 0 Å². The van der Waals surface area contributed by atoms with E-state index in [2.05, 4.69) is 20.2 Å². The second kappa shape index (κ2) is 8.19. The maximum atomic E-state index is 12.1. The number of carbonyl (C=O) groups is 1. The Balaban J connectivity index is 1.79. The van der Waals surface area contributed by atoms with Crippen molar-refractivity contribution in [2.45, 2.75) is 45.1 Å². The van der Waals surface area contributed by atoms with Crippen LogP contribution in [0.2, 0.25) is 0 Å². The summed E-state index contributed by atoms with van der Waals surface area (Å²) in [6.07, 6.45) is 6.53. The van der Waals surface area contributed by atoms with Gasteiger partial charge in [0.25, 0.3) is 5.91 Å². The van der Waals surface area contributed by atoms with E-state index in [9.17, 15) is 9.90 Å². The Morgan fingerprint density at radius 2 is 2.14 bits per heavy atom. The van der Waals surface area contributed by atoms with Crippen LogP contribution in [-0.2, 0) is 0 Å². The molecule has 2 N–H and O–H groups in total. The largest absolute Gasteiger partial charge is 0.395 e. The predicted molar refractivity (Wildman–Crippen MR) is 84.8 cm³/mol. The van der Waals surface area contributed by atoms with Crippen LogP contribution in [0.1, 0.15) is 55.2 Å². The summed E-state index contributed by atoms with van der Waals surface area (Å²) >= 11 is 0. The minimum atomic E-state index is -0.145. The normalized spacial score (nSPS) is 19.4. The fourth-order valence-electron chi connectivity index (χ4n) is 2.73. The van der Waals surface area contributed by atoms with Crippen molar-refractivity contribution >= 4 is 5.91 Å². The van der Waals surface area contributed by atoms with Crippen LogP contribution in [-0.4, -0.2) is 58.2 Å². The van der Waals surface area contributed by atoms with Gasteiger partial charge in [0, 0.05) is 37.4 Å². The zero-order valence-corrected chi connectivity index (χ0v) is 13.5. The van der Waals surface area contributed by atoms with Gasteiger partial charge >= 0.3 is 0 Å². The topological polar surface area (TPSA) is 78.4 Å². The summed E-state index contributed by atoms with van der Waals surface area (Å²) in [4.78, 5) is 22.7. The summed E-state index contributed by atoms with van der Waals surface area (Å²) in [5, 5.41) is 12.3. The monoisotopic (exact) mass is 306 g/mol. The lowest BCUT2D eigenvalue weighted by atomic mass is 10.0. The van der Waals surface area contributed by atoms with Crippen molar-refractivity contribution in [2.75, 3.05) is 26.2 Å². The lowest BCUT2D eigenvalue weighted by Gasteiger charge is -2.34. The van der Waals surface area contributed by atoms with E-state index in [0.29, 0.717) is 12.1 Å². The fraction of sp³-hybridized carbons (Fsp3) is 0.688. The van der Waals surface area contributed by atoms with E-state index in [0.717, 1.165) is 31.8 Å². The van der Waals surface area contributed by atoms with Gasteiger partial charge in [-0.3, -0.25) is 9.69 Å². The number of rotatable bonds is 6. The molecule has 6 nitrogen and oxygen atoms in total. The van der Waals surface area contributed by atoms with Crippen LogP contribution < -0.4 is 5.32 Å². The van der Waals surface area contributed by atoms with Gasteiger partial charge in [-0.25, -0.2) is 9.97 Å². The average Bonchev–Trinajstić information content (AvgIpc) is 2.55. The lowest BCUT2D eigenvalue weighted by Crippen LogP contribution is -2.45. The van der Waals surface area contributed by atoms with Gasteiger partial charge in [0.1, 0.15) is 5.82 Å². The van der Waals surface area contributed by atoms with Crippen molar-refractivity contribution in [1.29, 1.82) is 0 Å². The maximum absolute atomic E-state index is 12.1. The molecule has 1 atom stereocenters. The number of carbonyl (C=O) groups excluding carboxylic acids is 1. The molecule has 0 aliphatic carbocycles. The third-order valence-electron chi connectivity index (χ3n) is 4.09. The number of hydrogen-bond acceptors (Lipinski definition) is 5. The Labute approximate surface area is 132 Å². The molecule has 0 saturated carbocycles. The number of piperidine rings is 1. The fourth-order valence-corrected chi connectivity index (χ4v) is 2.73. The molecule has 1 saturated heterocycles. The van der Waals surface area contributed by atoms with Gasteiger partial charge in [0.05, 0.1) is 12.2 Å². The van der Waals surface area contributed by atoms with Crippen LogP contribution in [0.4, 0.5) is 0 Å². The number of nitrogens with zero attached hydrogens (tertiary/aromatic N) is 3. The molecule has 1 aromatic rings. The number of amides is 1. The molecule has 0 bridgehead atoms. The number of likely N-dealkylation sites (tertiary alicyclic amines) is 1. The van der Waals surface area contributed by atoms with E-state index >= 15 is 0 Å². The Morgan fingerprint density at radius 3 is 2.77 bits per heavy atom. The molecule has 122 valence electrons. The van der Waals surface area contributed by atoms with Crippen molar-refractivity contribution in [1.82, 2.24) is 20.2 Å². The highest BCUT2D eigenvalue weighted by atomic mass is 16.3. The van der Waals surface area contributed by atoms with Crippen LogP contribution >= 0.6 is 0 Å². The molecule has 0 spiro atoms. The SMILES string of the molecule is CC(C)c1ncc(C(=O)NCCN2CCCC[C@@H]2CO)cn1. The van der Waals surface area contributed by atoms with Gasteiger partial charge < -0.3 is 10.4 Å². The zero-order chi connectivity index (χ0) is 15.9. The number of aliphatic hydroxyl groups excluding tert-OH is 1. The molecule has 22 heavy (non-hydrogen) atoms. The molecular weight excluding hydrogens is 280 g/mol. The van der Waals surface area contributed by atoms with E-state index in [-0.39, 0.29) is 24.5 Å². The van der Waals surface area contributed by atoms with Crippen LogP contribution in [0, 0.1) is 0 Å². The third kappa shape index (κ3) is 4.48. The van der Waals surface area contributed by atoms with E-state index in [1.54, 1.807) is 12.4 Å². The molecule has 6 heteroatoms. The van der Waals surface area contributed by atoms with Crippen LogP contribution in [0.15, 0.2) is 12.4 Å². The molecule has 1 fully saturated rings. The van der Waals surface area contributed by atoms with E-state index < -0.39 is 0 Å². The quantitative estimate of drug-likeness (QED) is 0.825.